The van der Waals surface area contributed by atoms with Gasteiger partial charge in [0.1, 0.15) is 19.8 Å². The Morgan fingerprint density at radius 2 is 0.643 bits per heavy atom. The van der Waals surface area contributed by atoms with Crippen LogP contribution in [0.2, 0.25) is 0 Å². The third kappa shape index (κ3) is 66.8. The van der Waals surface area contributed by atoms with E-state index in [1.807, 2.05) is 21.1 Å². The van der Waals surface area contributed by atoms with Crippen LogP contribution in [0.5, 0.6) is 0 Å². The Hall–Kier alpha value is -4.37. The fourth-order valence-electron chi connectivity index (χ4n) is 8.52. The molecule has 0 aliphatic rings. The summed E-state index contributed by atoms with van der Waals surface area (Å²) in [6, 6.07) is 0. The SMILES string of the molecule is CC/C=C\C/C=C\C/C=C\C/C=C\C/C=C\C/C=C\C/C=C\CCCCCC(=O)OC(COC(=O)CCCCCCCCCCCCCCCCCC/C=C\C/C=C\C/C=C\C/C=C\C/C=C\C/C=C\CC)COP(=O)([O-])OCC[N+](C)(C)C. The minimum Gasteiger partial charge on any atom is -0.756 e. The first kappa shape index (κ1) is 79.6. The first-order chi connectivity index (χ1) is 41.0. The fourth-order valence-corrected chi connectivity index (χ4v) is 9.25. The van der Waals surface area contributed by atoms with E-state index in [1.165, 1.54) is 89.9 Å². The summed E-state index contributed by atoms with van der Waals surface area (Å²) in [5.74, 6) is -0.879. The lowest BCUT2D eigenvalue weighted by Gasteiger charge is -2.28. The Balaban J connectivity index is 4.14. The average molecular weight is 1180 g/mol. The van der Waals surface area contributed by atoms with Gasteiger partial charge in [-0.05, 0) is 122 Å². The Labute approximate surface area is 516 Å². The minimum atomic E-state index is -4.66. The molecular weight excluding hydrogens is 1060 g/mol. The zero-order valence-corrected chi connectivity index (χ0v) is 54.9. The number of allylic oxidation sites excluding steroid dienone is 26. The molecule has 0 N–H and O–H groups in total. The van der Waals surface area contributed by atoms with Crippen molar-refractivity contribution in [2.75, 3.05) is 47.5 Å². The largest absolute Gasteiger partial charge is 0.756 e. The van der Waals surface area contributed by atoms with Crippen LogP contribution >= 0.6 is 7.82 Å². The summed E-state index contributed by atoms with van der Waals surface area (Å²) in [5, 5.41) is 0. The van der Waals surface area contributed by atoms with Gasteiger partial charge in [0.05, 0.1) is 27.7 Å². The van der Waals surface area contributed by atoms with E-state index in [-0.39, 0.29) is 26.1 Å². The number of esters is 2. The molecule has 9 nitrogen and oxygen atoms in total. The van der Waals surface area contributed by atoms with Crippen LogP contribution in [0, 0.1) is 0 Å². The van der Waals surface area contributed by atoms with E-state index >= 15 is 0 Å². The van der Waals surface area contributed by atoms with E-state index in [0.717, 1.165) is 122 Å². The summed E-state index contributed by atoms with van der Waals surface area (Å²) in [6.07, 6.45) is 94.5. The average Bonchev–Trinajstić information content (AvgIpc) is 3.60. The molecule has 0 heterocycles. The second kappa shape index (κ2) is 63.1. The van der Waals surface area contributed by atoms with Crippen molar-refractivity contribution >= 4 is 19.8 Å². The van der Waals surface area contributed by atoms with E-state index in [4.69, 9.17) is 18.5 Å². The van der Waals surface area contributed by atoms with E-state index < -0.39 is 32.5 Å². The summed E-state index contributed by atoms with van der Waals surface area (Å²) in [5.41, 5.74) is 0. The van der Waals surface area contributed by atoms with Crippen LogP contribution in [0.25, 0.3) is 0 Å². The number of ether oxygens (including phenoxy) is 2. The molecule has 0 aromatic carbocycles. The number of likely N-dealkylation sites (N-methyl/N-ethyl adjacent to an activating group) is 1. The van der Waals surface area contributed by atoms with Crippen molar-refractivity contribution in [2.24, 2.45) is 0 Å². The number of carbonyl (C=O) groups excluding carboxylic acids is 2. The number of hydrogen-bond acceptors (Lipinski definition) is 8. The molecule has 2 atom stereocenters. The maximum absolute atomic E-state index is 12.8. The van der Waals surface area contributed by atoms with Crippen molar-refractivity contribution in [3.8, 4) is 0 Å². The normalized spacial score (nSPS) is 14.2. The lowest BCUT2D eigenvalue weighted by Crippen LogP contribution is -2.37. The van der Waals surface area contributed by atoms with Crippen molar-refractivity contribution < 1.29 is 42.1 Å². The summed E-state index contributed by atoms with van der Waals surface area (Å²) < 4.78 is 34.2. The first-order valence-electron chi connectivity index (χ1n) is 33.2. The Bertz CT molecular complexity index is 1970. The number of rotatable bonds is 59. The molecule has 0 saturated carbocycles. The van der Waals surface area contributed by atoms with Crippen LogP contribution in [-0.4, -0.2) is 70.0 Å². The van der Waals surface area contributed by atoms with E-state index in [0.29, 0.717) is 17.4 Å². The van der Waals surface area contributed by atoms with Gasteiger partial charge in [0.2, 0.25) is 0 Å². The molecule has 0 bridgehead atoms. The highest BCUT2D eigenvalue weighted by Gasteiger charge is 2.22. The van der Waals surface area contributed by atoms with Crippen LogP contribution in [0.4, 0.5) is 0 Å². The zero-order chi connectivity index (χ0) is 61.2. The van der Waals surface area contributed by atoms with Gasteiger partial charge >= 0.3 is 11.9 Å². The summed E-state index contributed by atoms with van der Waals surface area (Å²) >= 11 is 0. The van der Waals surface area contributed by atoms with Gasteiger partial charge in [-0.1, -0.05) is 268 Å². The highest BCUT2D eigenvalue weighted by Crippen LogP contribution is 2.38. The zero-order valence-electron chi connectivity index (χ0n) is 54.0. The fraction of sp³-hybridized carbons (Fsp3) is 0.622. The lowest BCUT2D eigenvalue weighted by atomic mass is 10.0. The second-order valence-corrected chi connectivity index (χ2v) is 24.1. The van der Waals surface area contributed by atoms with Gasteiger partial charge < -0.3 is 27.9 Å². The highest BCUT2D eigenvalue weighted by molar-refractivity contribution is 7.45. The number of unbranched alkanes of at least 4 members (excludes halogenated alkanes) is 19. The van der Waals surface area contributed by atoms with Crippen LogP contribution in [0.15, 0.2) is 158 Å². The molecule has 2 unspecified atom stereocenters. The number of phosphoric ester groups is 1. The molecule has 0 aliphatic carbocycles. The third-order valence-corrected chi connectivity index (χ3v) is 14.5. The number of hydrogen-bond donors (Lipinski definition) is 0. The molecule has 10 heteroatoms. The maximum Gasteiger partial charge on any atom is 0.306 e. The molecule has 0 amide bonds. The monoisotopic (exact) mass is 1180 g/mol. The first-order valence-corrected chi connectivity index (χ1v) is 34.7. The summed E-state index contributed by atoms with van der Waals surface area (Å²) in [7, 11) is 1.12. The van der Waals surface area contributed by atoms with Crippen molar-refractivity contribution in [3.05, 3.63) is 158 Å². The van der Waals surface area contributed by atoms with Gasteiger partial charge in [-0.15, -0.1) is 0 Å². The predicted octanol–water partition coefficient (Wildman–Crippen LogP) is 21.0. The standard InChI is InChI=1S/C74H122NO8P/c1-6-8-10-12-14-16-18-20-22-24-26-28-30-32-33-34-35-36-37-38-39-40-41-43-44-46-48-50-52-54-56-58-60-62-64-66-73(76)80-70-72(71-82-84(78,79)81-69-68-75(3,4)5)83-74(77)67-65-63-61-59-57-55-53-51-49-47-45-42-31-29-27-25-23-21-19-17-15-13-11-9-7-2/h8-11,14-17,20-23,26-29,32-33,35-36,42,45,49,51,55,57,72H,6-7,12-13,18-19,24-25,30-31,34,37-41,43-44,46-48,50,52-54,56,58-71H2,1-5H3/b10-8-,11-9-,16-14-,17-15-,22-20-,23-21-,28-26-,29-27-,33-32-,36-35-,45-42-,51-49-,57-55-. The van der Waals surface area contributed by atoms with Crippen LogP contribution in [0.3, 0.4) is 0 Å². The predicted molar refractivity (Wildman–Crippen MR) is 360 cm³/mol. The van der Waals surface area contributed by atoms with E-state index in [9.17, 15) is 19.0 Å². The van der Waals surface area contributed by atoms with E-state index in [2.05, 4.69) is 172 Å². The molecular formula is C74H122NO8P. The molecule has 0 fully saturated rings. The van der Waals surface area contributed by atoms with Gasteiger partial charge in [-0.2, -0.15) is 0 Å². The van der Waals surface area contributed by atoms with Crippen molar-refractivity contribution in [2.45, 2.75) is 251 Å². The van der Waals surface area contributed by atoms with Crippen molar-refractivity contribution in [3.63, 3.8) is 0 Å². The van der Waals surface area contributed by atoms with Gasteiger partial charge in [-0.25, -0.2) is 0 Å². The smallest absolute Gasteiger partial charge is 0.306 e. The number of phosphoric acid groups is 1. The molecule has 0 spiro atoms. The van der Waals surface area contributed by atoms with E-state index in [1.54, 1.807) is 0 Å². The highest BCUT2D eigenvalue weighted by atomic mass is 31.2. The Kier molecular flexibility index (Phi) is 59.9. The molecule has 84 heavy (non-hydrogen) atoms. The van der Waals surface area contributed by atoms with Gasteiger partial charge in [0, 0.05) is 12.8 Å². The van der Waals surface area contributed by atoms with Crippen molar-refractivity contribution in [1.82, 2.24) is 0 Å². The van der Waals surface area contributed by atoms with Crippen LogP contribution in [0.1, 0.15) is 245 Å². The summed E-state index contributed by atoms with van der Waals surface area (Å²) in [6.45, 7) is 3.96. The molecule has 476 valence electrons. The molecule has 0 aromatic heterocycles. The Morgan fingerprint density at radius 1 is 0.369 bits per heavy atom. The topological polar surface area (TPSA) is 111 Å². The molecule has 0 aliphatic heterocycles. The minimum absolute atomic E-state index is 0.0454. The molecule has 0 radical (unpaired) electrons. The molecule has 0 rings (SSSR count). The van der Waals surface area contributed by atoms with Crippen molar-refractivity contribution in [1.29, 1.82) is 0 Å². The Morgan fingerprint density at radius 3 is 0.964 bits per heavy atom. The molecule has 0 aromatic rings. The van der Waals surface area contributed by atoms with Gasteiger partial charge in [0.25, 0.3) is 7.82 Å². The number of carbonyl (C=O) groups is 2. The van der Waals surface area contributed by atoms with Crippen LogP contribution in [-0.2, 0) is 32.7 Å². The quantitative estimate of drug-likeness (QED) is 0.0195. The maximum atomic E-state index is 12.8. The summed E-state index contributed by atoms with van der Waals surface area (Å²) in [4.78, 5) is 38.0. The third-order valence-electron chi connectivity index (χ3n) is 13.5. The second-order valence-electron chi connectivity index (χ2n) is 22.7. The lowest BCUT2D eigenvalue weighted by molar-refractivity contribution is -0.870. The van der Waals surface area contributed by atoms with Crippen LogP contribution < -0.4 is 4.89 Å². The van der Waals surface area contributed by atoms with Gasteiger partial charge in [-0.3, -0.25) is 14.2 Å². The number of nitrogens with zero attached hydrogens (tertiary/aromatic N) is 1. The molecule has 0 saturated heterocycles. The number of quaternary nitrogens is 1. The van der Waals surface area contributed by atoms with Gasteiger partial charge in [0.15, 0.2) is 6.10 Å².